The molecule has 2 aromatic carbocycles. The summed E-state index contributed by atoms with van der Waals surface area (Å²) in [6, 6.07) is 14.7. The zero-order chi connectivity index (χ0) is 14.8. The van der Waals surface area contributed by atoms with E-state index >= 15 is 0 Å². The summed E-state index contributed by atoms with van der Waals surface area (Å²) >= 11 is 0. The lowest BCUT2D eigenvalue weighted by molar-refractivity contribution is 0.454. The lowest BCUT2D eigenvalue weighted by atomic mass is 10.1. The van der Waals surface area contributed by atoms with Crippen LogP contribution in [-0.2, 0) is 13.1 Å². The van der Waals surface area contributed by atoms with Crippen LogP contribution in [0.1, 0.15) is 36.6 Å². The second kappa shape index (κ2) is 5.78. The maximum absolute atomic E-state index is 10.3. The maximum Gasteiger partial charge on any atom is 0.122 e. The molecule has 0 amide bonds. The first-order chi connectivity index (χ1) is 10.2. The Kier molecular flexibility index (Phi) is 3.84. The predicted octanol–water partition coefficient (Wildman–Crippen LogP) is 3.58. The highest BCUT2D eigenvalue weighted by molar-refractivity contribution is 5.57. The van der Waals surface area contributed by atoms with Crippen LogP contribution >= 0.6 is 0 Å². The third kappa shape index (κ3) is 2.74. The normalized spacial score (nSPS) is 15.0. The number of fused-ring (bicyclic) bond motifs is 1. The number of benzene rings is 2. The Hall–Kier alpha value is -2.00. The number of hydrogen-bond acceptors (Lipinski definition) is 3. The molecule has 0 saturated carbocycles. The fraction of sp³-hybridized carbons (Fsp3) is 0.333. The molecule has 2 aromatic rings. The average molecular weight is 282 g/mol. The molecule has 0 radical (unpaired) electrons. The Morgan fingerprint density at radius 2 is 1.81 bits per heavy atom. The summed E-state index contributed by atoms with van der Waals surface area (Å²) in [5.41, 5.74) is 4.79. The third-order valence-corrected chi connectivity index (χ3v) is 4.20. The topological polar surface area (TPSA) is 35.5 Å². The van der Waals surface area contributed by atoms with E-state index < -0.39 is 0 Å². The zero-order valence-electron chi connectivity index (χ0n) is 12.6. The van der Waals surface area contributed by atoms with E-state index in [1.54, 1.807) is 0 Å². The summed E-state index contributed by atoms with van der Waals surface area (Å²) in [4.78, 5) is 2.30. The van der Waals surface area contributed by atoms with Crippen LogP contribution in [0.15, 0.2) is 42.5 Å². The lowest BCUT2D eigenvalue weighted by Gasteiger charge is -2.20. The molecule has 2 N–H and O–H groups in total. The van der Waals surface area contributed by atoms with Crippen molar-refractivity contribution >= 4 is 5.69 Å². The van der Waals surface area contributed by atoms with Gasteiger partial charge in [0, 0.05) is 36.4 Å². The van der Waals surface area contributed by atoms with Gasteiger partial charge in [0.1, 0.15) is 5.75 Å². The van der Waals surface area contributed by atoms with Crippen LogP contribution in [0.3, 0.4) is 0 Å². The van der Waals surface area contributed by atoms with Gasteiger partial charge in [-0.25, -0.2) is 0 Å². The molecule has 3 rings (SSSR count). The Morgan fingerprint density at radius 1 is 1.14 bits per heavy atom. The van der Waals surface area contributed by atoms with Gasteiger partial charge in [-0.1, -0.05) is 37.3 Å². The molecule has 0 saturated heterocycles. The molecule has 0 spiro atoms. The molecule has 0 aliphatic carbocycles. The highest BCUT2D eigenvalue weighted by Crippen LogP contribution is 2.33. The molecule has 0 bridgehead atoms. The minimum absolute atomic E-state index is 0.167. The summed E-state index contributed by atoms with van der Waals surface area (Å²) in [6.45, 7) is 6.87. The fourth-order valence-electron chi connectivity index (χ4n) is 3.03. The molecular weight excluding hydrogens is 260 g/mol. The molecule has 1 aliphatic heterocycles. The van der Waals surface area contributed by atoms with Crippen LogP contribution in [0, 0.1) is 0 Å². The van der Waals surface area contributed by atoms with Gasteiger partial charge in [-0.15, -0.1) is 0 Å². The number of hydrogen-bond donors (Lipinski definition) is 2. The average Bonchev–Trinajstić information content (AvgIpc) is 2.91. The first-order valence-corrected chi connectivity index (χ1v) is 7.57. The lowest BCUT2D eigenvalue weighted by Crippen LogP contribution is -2.18. The molecule has 21 heavy (non-hydrogen) atoms. The highest BCUT2D eigenvalue weighted by atomic mass is 16.3. The second-order valence-electron chi connectivity index (χ2n) is 5.65. The summed E-state index contributed by atoms with van der Waals surface area (Å²) in [5, 5.41) is 13.6. The van der Waals surface area contributed by atoms with Gasteiger partial charge in [0.05, 0.1) is 0 Å². The van der Waals surface area contributed by atoms with Crippen LogP contribution < -0.4 is 10.2 Å². The van der Waals surface area contributed by atoms with Gasteiger partial charge in [-0.2, -0.15) is 0 Å². The van der Waals surface area contributed by atoms with E-state index in [0.717, 1.165) is 30.9 Å². The van der Waals surface area contributed by atoms with E-state index in [2.05, 4.69) is 54.4 Å². The van der Waals surface area contributed by atoms with Crippen molar-refractivity contribution in [3.05, 3.63) is 59.2 Å². The molecule has 1 aliphatic rings. The third-order valence-electron chi connectivity index (χ3n) is 4.20. The minimum Gasteiger partial charge on any atom is -0.508 e. The largest absolute Gasteiger partial charge is 0.508 e. The van der Waals surface area contributed by atoms with Gasteiger partial charge in [-0.05, 0) is 30.7 Å². The molecule has 3 nitrogen and oxygen atoms in total. The van der Waals surface area contributed by atoms with E-state index in [0.29, 0.717) is 5.75 Å². The van der Waals surface area contributed by atoms with Gasteiger partial charge in [0.25, 0.3) is 0 Å². The SMILES string of the molecule is CCNC(C)c1ccc(N2Cc3ccccc3C2)cc1O. The van der Waals surface area contributed by atoms with Gasteiger partial charge in [0.2, 0.25) is 0 Å². The fourth-order valence-corrected chi connectivity index (χ4v) is 3.03. The van der Waals surface area contributed by atoms with Gasteiger partial charge >= 0.3 is 0 Å². The zero-order valence-corrected chi connectivity index (χ0v) is 12.6. The molecule has 110 valence electrons. The van der Waals surface area contributed by atoms with Crippen LogP contribution in [0.2, 0.25) is 0 Å². The first kappa shape index (κ1) is 14.0. The molecule has 3 heteroatoms. The van der Waals surface area contributed by atoms with Crippen LogP contribution in [0.25, 0.3) is 0 Å². The smallest absolute Gasteiger partial charge is 0.122 e. The van der Waals surface area contributed by atoms with E-state index in [4.69, 9.17) is 0 Å². The second-order valence-corrected chi connectivity index (χ2v) is 5.65. The van der Waals surface area contributed by atoms with Crippen LogP contribution in [0.5, 0.6) is 5.75 Å². The molecule has 0 fully saturated rings. The highest BCUT2D eigenvalue weighted by Gasteiger charge is 2.20. The van der Waals surface area contributed by atoms with Crippen molar-refractivity contribution in [1.82, 2.24) is 5.32 Å². The summed E-state index contributed by atoms with van der Waals surface area (Å²) in [6.07, 6.45) is 0. The van der Waals surface area contributed by atoms with E-state index in [1.807, 2.05) is 12.1 Å². The molecule has 1 unspecified atom stereocenters. The van der Waals surface area contributed by atoms with Gasteiger partial charge in [-0.3, -0.25) is 0 Å². The van der Waals surface area contributed by atoms with Crippen molar-refractivity contribution in [3.63, 3.8) is 0 Å². The van der Waals surface area contributed by atoms with Crippen LogP contribution in [-0.4, -0.2) is 11.7 Å². The Labute approximate surface area is 126 Å². The van der Waals surface area contributed by atoms with Crippen molar-refractivity contribution in [2.24, 2.45) is 0 Å². The summed E-state index contributed by atoms with van der Waals surface area (Å²) in [7, 11) is 0. The van der Waals surface area contributed by atoms with Gasteiger partial charge in [0.15, 0.2) is 0 Å². The van der Waals surface area contributed by atoms with Crippen molar-refractivity contribution < 1.29 is 5.11 Å². The molecule has 0 aromatic heterocycles. The monoisotopic (exact) mass is 282 g/mol. The summed E-state index contributed by atoms with van der Waals surface area (Å²) < 4.78 is 0. The minimum atomic E-state index is 0.167. The number of nitrogens with one attached hydrogen (secondary N) is 1. The van der Waals surface area contributed by atoms with Crippen molar-refractivity contribution in [1.29, 1.82) is 0 Å². The first-order valence-electron chi connectivity index (χ1n) is 7.57. The maximum atomic E-state index is 10.3. The standard InChI is InChI=1S/C18H22N2O/c1-3-19-13(2)17-9-8-16(10-18(17)21)20-11-14-6-4-5-7-15(14)12-20/h4-10,13,19,21H,3,11-12H2,1-2H3. The van der Waals surface area contributed by atoms with Gasteiger partial charge < -0.3 is 15.3 Å². The van der Waals surface area contributed by atoms with Crippen molar-refractivity contribution in [2.45, 2.75) is 33.0 Å². The number of rotatable bonds is 4. The Morgan fingerprint density at radius 3 is 2.38 bits per heavy atom. The quantitative estimate of drug-likeness (QED) is 0.899. The number of phenols is 1. The number of anilines is 1. The summed E-state index contributed by atoms with van der Waals surface area (Å²) in [5.74, 6) is 0.372. The number of phenolic OH excluding ortho intramolecular Hbond substituents is 1. The van der Waals surface area contributed by atoms with E-state index in [-0.39, 0.29) is 6.04 Å². The van der Waals surface area contributed by atoms with Crippen LogP contribution in [0.4, 0.5) is 5.69 Å². The Bertz CT molecular complexity index is 614. The molecule has 1 heterocycles. The van der Waals surface area contributed by atoms with E-state index in [9.17, 15) is 5.11 Å². The van der Waals surface area contributed by atoms with Crippen molar-refractivity contribution in [2.75, 3.05) is 11.4 Å². The number of nitrogens with zero attached hydrogens (tertiary/aromatic N) is 1. The predicted molar refractivity (Wildman–Crippen MR) is 86.5 cm³/mol. The Balaban J connectivity index is 1.81. The molecular formula is C18H22N2O. The molecule has 1 atom stereocenters. The van der Waals surface area contributed by atoms with E-state index in [1.165, 1.54) is 11.1 Å². The number of aromatic hydroxyl groups is 1. The van der Waals surface area contributed by atoms with Crippen molar-refractivity contribution in [3.8, 4) is 5.75 Å².